The van der Waals surface area contributed by atoms with Crippen LogP contribution in [0.2, 0.25) is 0 Å². The summed E-state index contributed by atoms with van der Waals surface area (Å²) < 4.78 is 0. The average Bonchev–Trinajstić information content (AvgIpc) is 0.827. The summed E-state index contributed by atoms with van der Waals surface area (Å²) in [5.41, 5.74) is 19.2. The zero-order valence-electron chi connectivity index (χ0n) is 92.0. The molecule has 1 saturated carbocycles. The van der Waals surface area contributed by atoms with E-state index >= 15 is 0 Å². The standard InChI is InChI=1S/3C12H12.C8H16.3C8H14.C8H10.2C7H9N.C5H12.C4H10.C4H8.10C2H6.5CH4/c1-9-5-3-7-11-8-4-6-10(2)12(9)11;1-9-7-11-5-3-4-6-12(11)8-10(9)2;1-9-7-8-11-5-3-4-6-12(11)10(9)2;5*1-7-5-3-4-6-8(7)2;1-6-3-4-8-5-7(6)2;1-6-4-3-5-8-7(6)2;1-3-5-4-2;2*1-3-4-2;10*1-2;;;;;/h3*3-8H,1-2H3;7-8H,3-6H2,1-2H3;3-6H2,1-2H3;3,5,7-8H,4,6H2,1-2H3;3-4,7-8H,5-6H2,1-2H3;3-6H,1-2H3;2*3-5H,1-2H3;3-5H2,1-2H3;3-4H2,1-2H3;3-4H,1-2H3;10*1-2H3;5*1H4. The van der Waals surface area contributed by atoms with Crippen molar-refractivity contribution in [3.8, 4) is 0 Å². The highest BCUT2D eigenvalue weighted by Crippen LogP contribution is 2.29. The van der Waals surface area contributed by atoms with Crippen molar-refractivity contribution in [3.63, 3.8) is 0 Å². The molecule has 0 bridgehead atoms. The van der Waals surface area contributed by atoms with E-state index in [1.165, 1.54) is 203 Å². The van der Waals surface area contributed by atoms with Crippen LogP contribution in [0, 0.1) is 119 Å². The molecule has 2 heteroatoms. The molecule has 6 atom stereocenters. The minimum Gasteiger partial charge on any atom is -0.264 e. The number of pyridine rings is 2. The van der Waals surface area contributed by atoms with Crippen molar-refractivity contribution >= 4 is 32.3 Å². The molecule has 2 aromatic heterocycles. The molecule has 0 radical (unpaired) electrons. The number of rotatable bonds is 3. The average molecular weight is 1800 g/mol. The van der Waals surface area contributed by atoms with Gasteiger partial charge in [-0.2, -0.15) is 0 Å². The van der Waals surface area contributed by atoms with Crippen LogP contribution in [-0.4, -0.2) is 9.97 Å². The summed E-state index contributed by atoms with van der Waals surface area (Å²) >= 11 is 0. The third-order valence-corrected chi connectivity index (χ3v) is 21.6. The Balaban J connectivity index is -0.0000000838. The van der Waals surface area contributed by atoms with E-state index in [1.807, 2.05) is 202 Å². The third-order valence-electron chi connectivity index (χ3n) is 21.6. The van der Waals surface area contributed by atoms with Gasteiger partial charge in [-0.25, -0.2) is 0 Å². The molecule has 754 valence electrons. The van der Waals surface area contributed by atoms with Crippen molar-refractivity contribution in [2.45, 2.75) is 465 Å². The number of aryl methyl sites for hydroxylation is 12. The number of aromatic nitrogens is 2. The van der Waals surface area contributed by atoms with Crippen molar-refractivity contribution in [1.82, 2.24) is 9.97 Å². The molecule has 6 unspecified atom stereocenters. The number of benzene rings is 7. The Labute approximate surface area is 822 Å². The molecule has 0 aliphatic heterocycles. The van der Waals surface area contributed by atoms with Crippen molar-refractivity contribution in [1.29, 1.82) is 0 Å². The minimum atomic E-state index is 0. The molecular formula is C128H232N2. The smallest absolute Gasteiger partial charge is 0.0401 e. The van der Waals surface area contributed by atoms with E-state index in [4.69, 9.17) is 0 Å². The molecule has 9 aromatic rings. The van der Waals surface area contributed by atoms with E-state index in [9.17, 15) is 0 Å². The summed E-state index contributed by atoms with van der Waals surface area (Å²) in [6, 6.07) is 53.0. The van der Waals surface area contributed by atoms with Crippen molar-refractivity contribution in [3.05, 3.63) is 285 Å². The Morgan fingerprint density at radius 2 is 0.669 bits per heavy atom. The Morgan fingerprint density at radius 1 is 0.308 bits per heavy atom. The van der Waals surface area contributed by atoms with Crippen LogP contribution >= 0.6 is 0 Å². The molecule has 2 nitrogen and oxygen atoms in total. The Morgan fingerprint density at radius 3 is 0.946 bits per heavy atom. The van der Waals surface area contributed by atoms with Crippen LogP contribution in [0.5, 0.6) is 0 Å². The molecule has 0 N–H and O–H groups in total. The largest absolute Gasteiger partial charge is 0.264 e. The fraction of sp³-hybridized carbons (Fsp3) is 0.578. The highest BCUT2D eigenvalue weighted by Gasteiger charge is 2.16. The lowest BCUT2D eigenvalue weighted by Crippen LogP contribution is -2.12. The number of allylic oxidation sites excluding steroid dienone is 8. The molecule has 0 saturated heterocycles. The van der Waals surface area contributed by atoms with Gasteiger partial charge in [0.25, 0.3) is 0 Å². The quantitative estimate of drug-likeness (QED) is 0.165. The van der Waals surface area contributed by atoms with Gasteiger partial charge in [-0.15, -0.1) is 0 Å². The van der Waals surface area contributed by atoms with Gasteiger partial charge in [-0.05, 0) is 303 Å². The van der Waals surface area contributed by atoms with Crippen LogP contribution in [0.4, 0.5) is 0 Å². The van der Waals surface area contributed by atoms with Gasteiger partial charge in [0, 0.05) is 24.3 Å². The van der Waals surface area contributed by atoms with E-state index in [1.54, 1.807) is 11.1 Å². The molecule has 1 fully saturated rings. The van der Waals surface area contributed by atoms with Gasteiger partial charge in [-0.1, -0.05) is 490 Å². The van der Waals surface area contributed by atoms with Gasteiger partial charge >= 0.3 is 0 Å². The zero-order valence-corrected chi connectivity index (χ0v) is 92.0. The molecule has 130 heavy (non-hydrogen) atoms. The lowest BCUT2D eigenvalue weighted by atomic mass is 9.82. The maximum Gasteiger partial charge on any atom is 0.0401 e. The predicted octanol–water partition coefficient (Wildman–Crippen LogP) is 46.0. The maximum absolute atomic E-state index is 4.08. The Hall–Kier alpha value is -7.42. The molecule has 0 spiro atoms. The summed E-state index contributed by atoms with van der Waals surface area (Å²) in [5.74, 6) is 5.58. The molecule has 7 aromatic carbocycles. The lowest BCUT2D eigenvalue weighted by molar-refractivity contribution is 0.277. The van der Waals surface area contributed by atoms with E-state index in [-0.39, 0.29) is 37.1 Å². The Bertz CT molecular complexity index is 3550. The van der Waals surface area contributed by atoms with Crippen LogP contribution in [-0.2, 0) is 0 Å². The number of hydrogen-bond acceptors (Lipinski definition) is 2. The molecule has 4 aliphatic carbocycles. The first-order valence-electron chi connectivity index (χ1n) is 50.9. The highest BCUT2D eigenvalue weighted by atomic mass is 14.7. The summed E-state index contributed by atoms with van der Waals surface area (Å²) in [6.45, 7) is 96.7. The molecule has 0 amide bonds. The second-order valence-electron chi connectivity index (χ2n) is 30.5. The van der Waals surface area contributed by atoms with E-state index in [2.05, 4.69) is 333 Å². The molecular weight excluding hydrogens is 1570 g/mol. The number of fused-ring (bicyclic) bond motifs is 3. The summed E-state index contributed by atoms with van der Waals surface area (Å²) in [7, 11) is 0. The van der Waals surface area contributed by atoms with Crippen LogP contribution in [0.1, 0.15) is 449 Å². The minimum absolute atomic E-state index is 0. The number of unbranched alkanes of at least 4 members (excludes halogenated alkanes) is 3. The van der Waals surface area contributed by atoms with E-state index < -0.39 is 0 Å². The van der Waals surface area contributed by atoms with Crippen LogP contribution < -0.4 is 0 Å². The van der Waals surface area contributed by atoms with Gasteiger partial charge in [0.2, 0.25) is 0 Å². The Kier molecular flexibility index (Phi) is 139. The van der Waals surface area contributed by atoms with Crippen molar-refractivity contribution in [2.75, 3.05) is 0 Å². The lowest BCUT2D eigenvalue weighted by Gasteiger charge is -2.24. The van der Waals surface area contributed by atoms with Gasteiger partial charge in [-0.3, -0.25) is 9.97 Å². The SMILES string of the molecule is C.C.C.C.C.CC.CC.CC.CC.CC.CC.CC.CC.CC.CC.CC1=C(C)CCCC1.CC1C=CCCC1C.CC1CC=CCC1C.CC1CCCCC1C.CC=CC.CCCC.CCCCC.Cc1cc2ccccc2cc1C.Cc1ccc2ccccc2c1C.Cc1cccc2cccc(C)c12.Cc1ccccc1C.Cc1cccnc1C.Cc1ccncc1C. The summed E-state index contributed by atoms with van der Waals surface area (Å²) in [4.78, 5) is 8.02. The number of hydrogen-bond donors (Lipinski definition) is 0. The first-order chi connectivity index (χ1) is 60.2. The number of nitrogens with zero attached hydrogens (tertiary/aromatic N) is 2. The third kappa shape index (κ3) is 82.5. The highest BCUT2D eigenvalue weighted by molar-refractivity contribution is 5.89. The second-order valence-corrected chi connectivity index (χ2v) is 30.5. The first-order valence-corrected chi connectivity index (χ1v) is 50.9. The van der Waals surface area contributed by atoms with Crippen molar-refractivity contribution in [2.24, 2.45) is 35.5 Å². The fourth-order valence-corrected chi connectivity index (χ4v) is 11.8. The maximum atomic E-state index is 4.08. The summed E-state index contributed by atoms with van der Waals surface area (Å²) in [5, 5.41) is 8.12. The van der Waals surface area contributed by atoms with Crippen molar-refractivity contribution < 1.29 is 0 Å². The molecule has 4 aliphatic rings. The molecule has 2 heterocycles. The van der Waals surface area contributed by atoms with E-state index in [0.29, 0.717) is 0 Å². The fourth-order valence-electron chi connectivity index (χ4n) is 11.8. The van der Waals surface area contributed by atoms with Crippen LogP contribution in [0.15, 0.2) is 218 Å². The normalized spacial score (nSPS) is 14.4. The topological polar surface area (TPSA) is 25.8 Å². The van der Waals surface area contributed by atoms with E-state index in [0.717, 1.165) is 41.2 Å². The first kappa shape index (κ1) is 157. The predicted molar refractivity (Wildman–Crippen MR) is 624 cm³/mol. The second kappa shape index (κ2) is 116. The van der Waals surface area contributed by atoms with Gasteiger partial charge in [0.05, 0.1) is 0 Å². The monoisotopic (exact) mass is 1800 g/mol. The van der Waals surface area contributed by atoms with Crippen LogP contribution in [0.3, 0.4) is 0 Å². The zero-order chi connectivity index (χ0) is 98.5. The van der Waals surface area contributed by atoms with Crippen LogP contribution in [0.25, 0.3) is 32.3 Å². The van der Waals surface area contributed by atoms with Gasteiger partial charge in [0.1, 0.15) is 0 Å². The summed E-state index contributed by atoms with van der Waals surface area (Å²) in [6.07, 6.45) is 42.1. The molecule has 13 rings (SSSR count). The van der Waals surface area contributed by atoms with Gasteiger partial charge in [0.15, 0.2) is 0 Å². The van der Waals surface area contributed by atoms with Gasteiger partial charge < -0.3 is 0 Å².